The van der Waals surface area contributed by atoms with Crippen molar-refractivity contribution in [1.29, 1.82) is 0 Å². The number of hydrogen-bond donors (Lipinski definition) is 2. The van der Waals surface area contributed by atoms with Crippen LogP contribution in [0.2, 0.25) is 0 Å². The molecule has 1 saturated heterocycles. The van der Waals surface area contributed by atoms with E-state index in [1.165, 1.54) is 0 Å². The molecule has 0 radical (unpaired) electrons. The van der Waals surface area contributed by atoms with Gasteiger partial charge in [0.05, 0.1) is 19.3 Å². The third kappa shape index (κ3) is 2.70. The Bertz CT molecular complexity index is 249. The van der Waals surface area contributed by atoms with E-state index in [1.807, 2.05) is 13.8 Å². The second-order valence-corrected chi connectivity index (χ2v) is 4.19. The Hall–Kier alpha value is -1.10. The van der Waals surface area contributed by atoms with Gasteiger partial charge in [-0.3, -0.25) is 9.59 Å². The Balaban J connectivity index is 2.44. The van der Waals surface area contributed by atoms with Gasteiger partial charge in [-0.1, -0.05) is 13.8 Å². The van der Waals surface area contributed by atoms with Crippen molar-refractivity contribution in [2.24, 2.45) is 5.41 Å². The third-order valence-electron chi connectivity index (χ3n) is 2.35. The summed E-state index contributed by atoms with van der Waals surface area (Å²) in [5, 5.41) is 11.1. The fourth-order valence-corrected chi connectivity index (χ4v) is 1.39. The van der Waals surface area contributed by atoms with Crippen molar-refractivity contribution in [3.05, 3.63) is 0 Å². The van der Waals surface area contributed by atoms with Gasteiger partial charge in [0.1, 0.15) is 6.42 Å². The highest BCUT2D eigenvalue weighted by atomic mass is 16.5. The summed E-state index contributed by atoms with van der Waals surface area (Å²) in [6.07, 6.45) is -0.480. The maximum Gasteiger partial charge on any atom is 0.312 e. The zero-order valence-corrected chi connectivity index (χ0v) is 8.37. The van der Waals surface area contributed by atoms with Crippen LogP contribution in [0.4, 0.5) is 0 Å². The monoisotopic (exact) mass is 201 g/mol. The zero-order chi connectivity index (χ0) is 10.8. The average molecular weight is 201 g/mol. The summed E-state index contributed by atoms with van der Waals surface area (Å²) < 4.78 is 5.22. The lowest BCUT2D eigenvalue weighted by molar-refractivity contribution is -0.141. The highest BCUT2D eigenvalue weighted by Crippen LogP contribution is 2.27. The van der Waals surface area contributed by atoms with Crippen LogP contribution in [0.3, 0.4) is 0 Å². The molecule has 0 aliphatic carbocycles. The summed E-state index contributed by atoms with van der Waals surface area (Å²) in [6, 6.07) is -0.0886. The molecule has 0 spiro atoms. The highest BCUT2D eigenvalue weighted by Gasteiger charge is 2.36. The van der Waals surface area contributed by atoms with Crippen LogP contribution in [0.25, 0.3) is 0 Å². The van der Waals surface area contributed by atoms with Crippen LogP contribution in [-0.4, -0.2) is 36.2 Å². The van der Waals surface area contributed by atoms with Crippen molar-refractivity contribution in [2.45, 2.75) is 26.3 Å². The molecule has 5 heteroatoms. The van der Waals surface area contributed by atoms with Gasteiger partial charge in [0.2, 0.25) is 5.91 Å². The van der Waals surface area contributed by atoms with Gasteiger partial charge in [-0.2, -0.15) is 0 Å². The smallest absolute Gasteiger partial charge is 0.312 e. The van der Waals surface area contributed by atoms with Gasteiger partial charge in [0, 0.05) is 5.41 Å². The van der Waals surface area contributed by atoms with E-state index in [4.69, 9.17) is 9.84 Å². The van der Waals surface area contributed by atoms with Crippen LogP contribution in [-0.2, 0) is 14.3 Å². The van der Waals surface area contributed by atoms with E-state index >= 15 is 0 Å². The number of nitrogens with one attached hydrogen (secondary N) is 1. The number of carbonyl (C=O) groups excluding carboxylic acids is 1. The van der Waals surface area contributed by atoms with E-state index in [0.29, 0.717) is 13.2 Å². The molecule has 80 valence electrons. The molecule has 0 saturated carbocycles. The van der Waals surface area contributed by atoms with Crippen molar-refractivity contribution >= 4 is 11.9 Å². The van der Waals surface area contributed by atoms with E-state index in [1.54, 1.807) is 0 Å². The molecule has 1 aliphatic heterocycles. The predicted octanol–water partition coefficient (Wildman–Crippen LogP) is 0.00230. The Kier molecular flexibility index (Phi) is 3.10. The molecule has 1 aliphatic rings. The first-order valence-electron chi connectivity index (χ1n) is 4.51. The quantitative estimate of drug-likeness (QED) is 0.630. The van der Waals surface area contributed by atoms with E-state index in [0.717, 1.165) is 0 Å². The number of carbonyl (C=O) groups is 2. The van der Waals surface area contributed by atoms with Gasteiger partial charge in [-0.15, -0.1) is 0 Å². The second kappa shape index (κ2) is 3.96. The molecule has 2 N–H and O–H groups in total. The summed E-state index contributed by atoms with van der Waals surface area (Å²) in [5.41, 5.74) is -0.117. The topological polar surface area (TPSA) is 75.6 Å². The fraction of sp³-hybridized carbons (Fsp3) is 0.778. The molecule has 0 bridgehead atoms. The van der Waals surface area contributed by atoms with Crippen molar-refractivity contribution < 1.29 is 19.4 Å². The Morgan fingerprint density at radius 1 is 1.57 bits per heavy atom. The Morgan fingerprint density at radius 2 is 2.21 bits per heavy atom. The molecule has 0 aromatic carbocycles. The Labute approximate surface area is 82.4 Å². The van der Waals surface area contributed by atoms with Gasteiger partial charge in [0.25, 0.3) is 0 Å². The minimum Gasteiger partial charge on any atom is -0.481 e. The first-order chi connectivity index (χ1) is 6.42. The van der Waals surface area contributed by atoms with Crippen LogP contribution in [0.15, 0.2) is 0 Å². The number of rotatable bonds is 3. The number of aliphatic carboxylic acids is 1. The molecule has 14 heavy (non-hydrogen) atoms. The zero-order valence-electron chi connectivity index (χ0n) is 8.37. The number of carboxylic acids is 1. The molecular formula is C9H15NO4. The molecular weight excluding hydrogens is 186 g/mol. The Morgan fingerprint density at radius 3 is 2.64 bits per heavy atom. The summed E-state index contributed by atoms with van der Waals surface area (Å²) in [4.78, 5) is 21.4. The molecule has 1 heterocycles. The second-order valence-electron chi connectivity index (χ2n) is 4.19. The van der Waals surface area contributed by atoms with Gasteiger partial charge < -0.3 is 15.2 Å². The molecule has 1 amide bonds. The summed E-state index contributed by atoms with van der Waals surface area (Å²) >= 11 is 0. The van der Waals surface area contributed by atoms with Crippen molar-refractivity contribution in [2.75, 3.05) is 13.2 Å². The summed E-state index contributed by atoms with van der Waals surface area (Å²) in [7, 11) is 0. The largest absolute Gasteiger partial charge is 0.481 e. The first-order valence-corrected chi connectivity index (χ1v) is 4.51. The fourth-order valence-electron chi connectivity index (χ4n) is 1.39. The van der Waals surface area contributed by atoms with Gasteiger partial charge in [-0.05, 0) is 0 Å². The maximum atomic E-state index is 11.1. The average Bonchev–Trinajstić information content (AvgIpc) is 2.29. The van der Waals surface area contributed by atoms with Gasteiger partial charge in [0.15, 0.2) is 0 Å². The minimum atomic E-state index is -1.11. The SMILES string of the molecule is CC1(C)COCC1NC(=O)CC(=O)O. The molecule has 1 rings (SSSR count). The normalized spacial score (nSPS) is 24.6. The lowest BCUT2D eigenvalue weighted by Crippen LogP contribution is -2.44. The minimum absolute atomic E-state index is 0.0886. The van der Waals surface area contributed by atoms with E-state index in [-0.39, 0.29) is 11.5 Å². The van der Waals surface area contributed by atoms with Crippen LogP contribution < -0.4 is 5.32 Å². The molecule has 0 aromatic rings. The van der Waals surface area contributed by atoms with E-state index < -0.39 is 18.3 Å². The summed E-state index contributed by atoms with van der Waals surface area (Å²) in [6.45, 7) is 5.00. The number of ether oxygens (including phenoxy) is 1. The number of amides is 1. The highest BCUT2D eigenvalue weighted by molar-refractivity contribution is 5.93. The molecule has 5 nitrogen and oxygen atoms in total. The molecule has 1 fully saturated rings. The van der Waals surface area contributed by atoms with Crippen molar-refractivity contribution in [3.8, 4) is 0 Å². The van der Waals surface area contributed by atoms with Crippen LogP contribution in [0.5, 0.6) is 0 Å². The third-order valence-corrected chi connectivity index (χ3v) is 2.35. The van der Waals surface area contributed by atoms with Crippen LogP contribution in [0.1, 0.15) is 20.3 Å². The van der Waals surface area contributed by atoms with Gasteiger partial charge in [-0.25, -0.2) is 0 Å². The maximum absolute atomic E-state index is 11.1. The van der Waals surface area contributed by atoms with Gasteiger partial charge >= 0.3 is 5.97 Å². The number of hydrogen-bond acceptors (Lipinski definition) is 3. The van der Waals surface area contributed by atoms with E-state index in [2.05, 4.69) is 5.32 Å². The van der Waals surface area contributed by atoms with Crippen molar-refractivity contribution in [3.63, 3.8) is 0 Å². The summed E-state index contributed by atoms with van der Waals surface area (Å²) in [5.74, 6) is -1.57. The predicted molar refractivity (Wildman–Crippen MR) is 48.8 cm³/mol. The first kappa shape index (κ1) is 11.0. The molecule has 1 atom stereocenters. The van der Waals surface area contributed by atoms with Crippen LogP contribution >= 0.6 is 0 Å². The standard InChI is InChI=1S/C9H15NO4/c1-9(2)5-14-4-6(9)10-7(11)3-8(12)13/h6H,3-5H2,1-2H3,(H,10,11)(H,12,13). The lowest BCUT2D eigenvalue weighted by Gasteiger charge is -2.25. The number of carboxylic acid groups (broad SMARTS) is 1. The van der Waals surface area contributed by atoms with Crippen LogP contribution in [0, 0.1) is 5.41 Å². The van der Waals surface area contributed by atoms with Crippen molar-refractivity contribution in [1.82, 2.24) is 5.32 Å². The molecule has 1 unspecified atom stereocenters. The lowest BCUT2D eigenvalue weighted by atomic mass is 9.88. The molecule has 0 aromatic heterocycles. The van der Waals surface area contributed by atoms with E-state index in [9.17, 15) is 9.59 Å².